The number of nitrogens with zero attached hydrogens (tertiary/aromatic N) is 5. The first-order valence-corrected chi connectivity index (χ1v) is 20.5. The summed E-state index contributed by atoms with van der Waals surface area (Å²) in [7, 11) is 0. The maximum atomic E-state index is 5.38. The second-order valence-corrected chi connectivity index (χ2v) is 15.1. The highest BCUT2D eigenvalue weighted by atomic mass is 15.3. The first-order valence-electron chi connectivity index (χ1n) is 20.5. The van der Waals surface area contributed by atoms with Crippen molar-refractivity contribution in [2.45, 2.75) is 0 Å². The van der Waals surface area contributed by atoms with Crippen molar-refractivity contribution in [1.82, 2.24) is 24.7 Å². The Morgan fingerprint density at radius 3 is 1.26 bits per heavy atom. The summed E-state index contributed by atoms with van der Waals surface area (Å²) < 4.78 is 2.10. The average Bonchev–Trinajstić information content (AvgIpc) is 3.76. The first kappa shape index (κ1) is 35.8. The van der Waals surface area contributed by atoms with Gasteiger partial charge in [-0.25, -0.2) is 19.6 Å². The average molecular weight is 780 g/mol. The molecule has 0 bridgehead atoms. The molecule has 5 heteroatoms. The number of aromatic nitrogens is 5. The summed E-state index contributed by atoms with van der Waals surface area (Å²) in [6.45, 7) is 0. The summed E-state index contributed by atoms with van der Waals surface area (Å²) in [6, 6.07) is 78.1. The van der Waals surface area contributed by atoms with E-state index in [9.17, 15) is 0 Å². The van der Waals surface area contributed by atoms with Crippen LogP contribution in [0.25, 0.3) is 106 Å². The summed E-state index contributed by atoms with van der Waals surface area (Å²) in [5, 5.41) is 8.62. The molecule has 0 radical (unpaired) electrons. The topological polar surface area (TPSA) is 56.5 Å². The van der Waals surface area contributed by atoms with Crippen LogP contribution in [0, 0.1) is 0 Å². The molecule has 0 saturated carbocycles. The quantitative estimate of drug-likeness (QED) is 0.154. The lowest BCUT2D eigenvalue weighted by Crippen LogP contribution is -2.01. The number of hydrogen-bond acceptors (Lipinski definition) is 4. The predicted octanol–water partition coefficient (Wildman–Crippen LogP) is 14.0. The van der Waals surface area contributed by atoms with Gasteiger partial charge in [-0.3, -0.25) is 0 Å². The zero-order valence-electron chi connectivity index (χ0n) is 33.1. The summed E-state index contributed by atoms with van der Waals surface area (Å²) in [6.07, 6.45) is 0. The van der Waals surface area contributed by atoms with Crippen molar-refractivity contribution in [2.24, 2.45) is 0 Å². The van der Waals surface area contributed by atoms with Crippen molar-refractivity contribution in [3.8, 4) is 84.5 Å². The Bertz CT molecular complexity index is 3230. The minimum absolute atomic E-state index is 0.597. The smallest absolute Gasteiger partial charge is 0.164 e. The fourth-order valence-electron chi connectivity index (χ4n) is 8.29. The largest absolute Gasteiger partial charge is 0.232 e. The van der Waals surface area contributed by atoms with Gasteiger partial charge in [0.05, 0.1) is 11.2 Å². The Morgan fingerprint density at radius 2 is 0.738 bits per heavy atom. The van der Waals surface area contributed by atoms with Gasteiger partial charge in [0.25, 0.3) is 0 Å². The number of fused-ring (bicyclic) bond motifs is 3. The summed E-state index contributed by atoms with van der Waals surface area (Å²) in [5.74, 6) is 1.82. The molecule has 0 aliphatic carbocycles. The molecule has 2 aromatic heterocycles. The van der Waals surface area contributed by atoms with Crippen LogP contribution >= 0.6 is 0 Å². The number of rotatable bonds is 8. The molecule has 11 rings (SSSR count). The van der Waals surface area contributed by atoms with Crippen molar-refractivity contribution in [1.29, 1.82) is 0 Å². The van der Waals surface area contributed by atoms with Crippen LogP contribution in [-0.2, 0) is 0 Å². The van der Waals surface area contributed by atoms with Gasteiger partial charge in [0.1, 0.15) is 5.69 Å². The Labute approximate surface area is 354 Å². The molecule has 0 atom stereocenters. The van der Waals surface area contributed by atoms with E-state index >= 15 is 0 Å². The third kappa shape index (κ3) is 6.84. The van der Waals surface area contributed by atoms with E-state index in [1.165, 1.54) is 0 Å². The molecule has 0 unspecified atom stereocenters. The van der Waals surface area contributed by atoms with Gasteiger partial charge in [0.2, 0.25) is 0 Å². The molecule has 286 valence electrons. The summed E-state index contributed by atoms with van der Waals surface area (Å²) >= 11 is 0. The van der Waals surface area contributed by atoms with Gasteiger partial charge in [-0.05, 0) is 75.2 Å². The normalized spacial score (nSPS) is 11.3. The van der Waals surface area contributed by atoms with Crippen molar-refractivity contribution >= 4 is 21.7 Å². The molecule has 0 aliphatic heterocycles. The number of hydrogen-bond donors (Lipinski definition) is 0. The van der Waals surface area contributed by atoms with E-state index in [1.807, 2.05) is 24.3 Å². The van der Waals surface area contributed by atoms with Crippen molar-refractivity contribution in [3.05, 3.63) is 224 Å². The summed E-state index contributed by atoms with van der Waals surface area (Å²) in [4.78, 5) is 15.6. The molecule has 0 fully saturated rings. The van der Waals surface area contributed by atoms with Crippen LogP contribution in [-0.4, -0.2) is 24.7 Å². The lowest BCUT2D eigenvalue weighted by Gasteiger charge is -2.13. The molecule has 0 saturated heterocycles. The van der Waals surface area contributed by atoms with Gasteiger partial charge in [0.15, 0.2) is 17.5 Å². The summed E-state index contributed by atoms with van der Waals surface area (Å²) in [5.41, 5.74) is 13.4. The number of benzene rings is 9. The van der Waals surface area contributed by atoms with Crippen LogP contribution < -0.4 is 0 Å². The number of para-hydroxylation sites is 1. The van der Waals surface area contributed by atoms with Gasteiger partial charge in [0, 0.05) is 33.0 Å². The second-order valence-electron chi connectivity index (χ2n) is 15.1. The Balaban J connectivity index is 1.15. The molecular weight excluding hydrogens is 743 g/mol. The van der Waals surface area contributed by atoms with E-state index < -0.39 is 0 Å². The van der Waals surface area contributed by atoms with Crippen LogP contribution in [0.15, 0.2) is 224 Å². The molecular formula is C56H37N5. The highest BCUT2D eigenvalue weighted by molar-refractivity contribution is 6.17. The van der Waals surface area contributed by atoms with E-state index in [0.29, 0.717) is 17.5 Å². The predicted molar refractivity (Wildman–Crippen MR) is 250 cm³/mol. The fourth-order valence-corrected chi connectivity index (χ4v) is 8.29. The maximum absolute atomic E-state index is 5.38. The zero-order valence-corrected chi connectivity index (χ0v) is 33.1. The SMILES string of the molecule is c1ccc(-c2cccc(-c3nc(-c4cccc(-c5ccccc5)c4)nc(-c4ccc5c(c4)cc(-c4ccccc4)c4c(-c6ccccc6)nn(-c6ccccc6)c45)n3)c2)cc1. The Kier molecular flexibility index (Phi) is 9.10. The second kappa shape index (κ2) is 15.5. The van der Waals surface area contributed by atoms with Crippen LogP contribution in [0.4, 0.5) is 0 Å². The van der Waals surface area contributed by atoms with E-state index in [2.05, 4.69) is 205 Å². The zero-order chi connectivity index (χ0) is 40.5. The molecule has 11 aromatic rings. The van der Waals surface area contributed by atoms with Crippen molar-refractivity contribution < 1.29 is 0 Å². The molecule has 9 aromatic carbocycles. The van der Waals surface area contributed by atoms with Gasteiger partial charge >= 0.3 is 0 Å². The van der Waals surface area contributed by atoms with Crippen molar-refractivity contribution in [3.63, 3.8) is 0 Å². The minimum Gasteiger partial charge on any atom is -0.232 e. The molecule has 0 aliphatic rings. The fraction of sp³-hybridized carbons (Fsp3) is 0. The van der Waals surface area contributed by atoms with Gasteiger partial charge in [-0.2, -0.15) is 5.10 Å². The van der Waals surface area contributed by atoms with Crippen molar-refractivity contribution in [2.75, 3.05) is 0 Å². The van der Waals surface area contributed by atoms with Crippen LogP contribution in [0.1, 0.15) is 0 Å². The maximum Gasteiger partial charge on any atom is 0.164 e. The lowest BCUT2D eigenvalue weighted by atomic mass is 9.93. The van der Waals surface area contributed by atoms with E-state index in [-0.39, 0.29) is 0 Å². The van der Waals surface area contributed by atoms with Gasteiger partial charge < -0.3 is 0 Å². The van der Waals surface area contributed by atoms with Crippen LogP contribution in [0.5, 0.6) is 0 Å². The highest BCUT2D eigenvalue weighted by Crippen LogP contribution is 2.42. The molecule has 0 spiro atoms. The van der Waals surface area contributed by atoms with Crippen LogP contribution in [0.2, 0.25) is 0 Å². The standard InChI is InChI=1S/C56H37N5/c1-6-18-38(19-7-1)42-26-16-28-44(34-42)54-57-55(45-29-17-27-43(35-45)39-20-8-2-9-21-39)59-56(58-54)46-32-33-49-47(36-46)37-50(40-22-10-3-11-23-40)51-52(41-24-12-4-13-25-41)60-61(53(49)51)48-30-14-5-15-31-48/h1-37H. The van der Waals surface area contributed by atoms with E-state index in [1.54, 1.807) is 0 Å². The van der Waals surface area contributed by atoms with Gasteiger partial charge in [-0.1, -0.05) is 188 Å². The first-order chi connectivity index (χ1) is 30.2. The molecule has 0 amide bonds. The minimum atomic E-state index is 0.597. The van der Waals surface area contributed by atoms with E-state index in [0.717, 1.165) is 88.7 Å². The molecule has 5 nitrogen and oxygen atoms in total. The monoisotopic (exact) mass is 779 g/mol. The molecule has 2 heterocycles. The third-order valence-corrected chi connectivity index (χ3v) is 11.2. The van der Waals surface area contributed by atoms with E-state index in [4.69, 9.17) is 20.1 Å². The lowest BCUT2D eigenvalue weighted by molar-refractivity contribution is 0.918. The van der Waals surface area contributed by atoms with Crippen LogP contribution in [0.3, 0.4) is 0 Å². The Morgan fingerprint density at radius 1 is 0.311 bits per heavy atom. The van der Waals surface area contributed by atoms with Gasteiger partial charge in [-0.15, -0.1) is 0 Å². The molecule has 0 N–H and O–H groups in total. The third-order valence-electron chi connectivity index (χ3n) is 11.2. The Hall–Kier alpha value is -8.28. The molecule has 61 heavy (non-hydrogen) atoms. The highest BCUT2D eigenvalue weighted by Gasteiger charge is 2.22.